The monoisotopic (exact) mass is 271 g/mol. The molecule has 6 nitrogen and oxygen atoms in total. The molecule has 0 bridgehead atoms. The van der Waals surface area contributed by atoms with Gasteiger partial charge in [0.1, 0.15) is 5.25 Å². The predicted molar refractivity (Wildman–Crippen MR) is 66.3 cm³/mol. The van der Waals surface area contributed by atoms with Crippen molar-refractivity contribution in [3.05, 3.63) is 29.8 Å². The number of benzene rings is 1. The zero-order valence-corrected chi connectivity index (χ0v) is 10.7. The van der Waals surface area contributed by atoms with Crippen molar-refractivity contribution in [3.63, 3.8) is 0 Å². The summed E-state index contributed by atoms with van der Waals surface area (Å²) in [6.45, 7) is 1.29. The van der Waals surface area contributed by atoms with E-state index in [1.165, 1.54) is 31.2 Å². The predicted octanol–water partition coefficient (Wildman–Crippen LogP) is 0.756. The normalized spacial score (nSPS) is 12.8. The lowest BCUT2D eigenvalue weighted by atomic mass is 10.2. The molecule has 7 heteroatoms. The van der Waals surface area contributed by atoms with Crippen molar-refractivity contribution < 1.29 is 23.1 Å². The fraction of sp³-hybridized carbons (Fsp3) is 0.273. The van der Waals surface area contributed by atoms with Crippen LogP contribution in [-0.4, -0.2) is 36.9 Å². The van der Waals surface area contributed by atoms with Gasteiger partial charge in [-0.15, -0.1) is 0 Å². The highest BCUT2D eigenvalue weighted by atomic mass is 32.2. The van der Waals surface area contributed by atoms with E-state index in [0.29, 0.717) is 5.69 Å². The molecule has 1 atom stereocenters. The summed E-state index contributed by atoms with van der Waals surface area (Å²) < 4.78 is 22.3. The molecule has 0 aromatic heterocycles. The molecule has 1 aromatic carbocycles. The van der Waals surface area contributed by atoms with Crippen LogP contribution in [0.4, 0.5) is 5.69 Å². The Morgan fingerprint density at radius 1 is 1.22 bits per heavy atom. The Balaban J connectivity index is 2.80. The van der Waals surface area contributed by atoms with Gasteiger partial charge in [-0.25, -0.2) is 13.2 Å². The van der Waals surface area contributed by atoms with Gasteiger partial charge in [-0.2, -0.15) is 0 Å². The molecule has 1 unspecified atom stereocenters. The number of aromatic carboxylic acids is 1. The Kier molecular flexibility index (Phi) is 4.07. The summed E-state index contributed by atoms with van der Waals surface area (Å²) in [5.41, 5.74) is 0.435. The van der Waals surface area contributed by atoms with Gasteiger partial charge in [-0.1, -0.05) is 0 Å². The number of carbonyl (C=O) groups is 2. The number of rotatable bonds is 4. The quantitative estimate of drug-likeness (QED) is 0.841. The molecular formula is C11H13NO5S. The Hall–Kier alpha value is -1.89. The first kappa shape index (κ1) is 14.2. The molecule has 1 amide bonds. The molecular weight excluding hydrogens is 258 g/mol. The fourth-order valence-electron chi connectivity index (χ4n) is 1.13. The standard InChI is InChI=1S/C11H13NO5S/c1-7(18(2,16)17)10(13)12-9-5-3-8(4-6-9)11(14)15/h3-7H,1-2H3,(H,12,13)(H,14,15). The van der Waals surface area contributed by atoms with Crippen molar-refractivity contribution in [1.29, 1.82) is 0 Å². The van der Waals surface area contributed by atoms with Crippen LogP contribution in [0.5, 0.6) is 0 Å². The lowest BCUT2D eigenvalue weighted by Crippen LogP contribution is -2.31. The Bertz CT molecular complexity index is 562. The van der Waals surface area contributed by atoms with E-state index in [1.807, 2.05) is 0 Å². The van der Waals surface area contributed by atoms with Gasteiger partial charge in [0, 0.05) is 11.9 Å². The molecule has 0 aliphatic carbocycles. The highest BCUT2D eigenvalue weighted by Gasteiger charge is 2.23. The van der Waals surface area contributed by atoms with Crippen LogP contribution < -0.4 is 5.32 Å². The zero-order chi connectivity index (χ0) is 13.9. The first-order valence-electron chi connectivity index (χ1n) is 5.05. The van der Waals surface area contributed by atoms with Crippen molar-refractivity contribution >= 4 is 27.4 Å². The van der Waals surface area contributed by atoms with Gasteiger partial charge >= 0.3 is 5.97 Å². The summed E-state index contributed by atoms with van der Waals surface area (Å²) in [6.07, 6.45) is 0.977. The van der Waals surface area contributed by atoms with E-state index < -0.39 is 27.0 Å². The van der Waals surface area contributed by atoms with Crippen molar-refractivity contribution in [1.82, 2.24) is 0 Å². The van der Waals surface area contributed by atoms with E-state index in [0.717, 1.165) is 6.26 Å². The number of carboxylic acids is 1. The topological polar surface area (TPSA) is 101 Å². The van der Waals surface area contributed by atoms with Crippen molar-refractivity contribution in [3.8, 4) is 0 Å². The van der Waals surface area contributed by atoms with Crippen LogP contribution in [0, 0.1) is 0 Å². The molecule has 0 saturated heterocycles. The van der Waals surface area contributed by atoms with Crippen LogP contribution in [0.3, 0.4) is 0 Å². The molecule has 18 heavy (non-hydrogen) atoms. The van der Waals surface area contributed by atoms with Gasteiger partial charge in [0.25, 0.3) is 0 Å². The van der Waals surface area contributed by atoms with Crippen molar-refractivity contribution in [2.24, 2.45) is 0 Å². The van der Waals surface area contributed by atoms with Crippen LogP contribution in [-0.2, 0) is 14.6 Å². The molecule has 0 saturated carbocycles. The van der Waals surface area contributed by atoms with Crippen LogP contribution in [0.25, 0.3) is 0 Å². The maximum atomic E-state index is 11.6. The van der Waals surface area contributed by atoms with E-state index in [1.54, 1.807) is 0 Å². The van der Waals surface area contributed by atoms with Gasteiger partial charge in [0.2, 0.25) is 5.91 Å². The van der Waals surface area contributed by atoms with E-state index in [9.17, 15) is 18.0 Å². The molecule has 0 fully saturated rings. The number of nitrogens with one attached hydrogen (secondary N) is 1. The van der Waals surface area contributed by atoms with Crippen LogP contribution in [0.1, 0.15) is 17.3 Å². The van der Waals surface area contributed by atoms with Gasteiger partial charge in [-0.05, 0) is 31.2 Å². The van der Waals surface area contributed by atoms with Gasteiger partial charge < -0.3 is 10.4 Å². The Morgan fingerprint density at radius 3 is 2.11 bits per heavy atom. The average molecular weight is 271 g/mol. The minimum Gasteiger partial charge on any atom is -0.478 e. The Morgan fingerprint density at radius 2 is 1.72 bits per heavy atom. The smallest absolute Gasteiger partial charge is 0.335 e. The van der Waals surface area contributed by atoms with E-state index >= 15 is 0 Å². The maximum Gasteiger partial charge on any atom is 0.335 e. The molecule has 0 spiro atoms. The molecule has 0 heterocycles. The second-order valence-corrected chi connectivity index (χ2v) is 6.21. The molecule has 1 aromatic rings. The second-order valence-electron chi connectivity index (χ2n) is 3.84. The lowest BCUT2D eigenvalue weighted by molar-refractivity contribution is -0.115. The van der Waals surface area contributed by atoms with Crippen LogP contribution >= 0.6 is 0 Å². The van der Waals surface area contributed by atoms with Gasteiger partial charge in [0.15, 0.2) is 9.84 Å². The molecule has 0 aliphatic heterocycles. The first-order chi connectivity index (χ1) is 8.21. The third-order valence-corrected chi connectivity index (χ3v) is 3.91. The SMILES string of the molecule is CC(C(=O)Nc1ccc(C(=O)O)cc1)S(C)(=O)=O. The summed E-state index contributed by atoms with van der Waals surface area (Å²) >= 11 is 0. The van der Waals surface area contributed by atoms with Crippen LogP contribution in [0.2, 0.25) is 0 Å². The summed E-state index contributed by atoms with van der Waals surface area (Å²) in [6, 6.07) is 5.44. The number of sulfone groups is 1. The van der Waals surface area contributed by atoms with E-state index in [2.05, 4.69) is 5.32 Å². The molecule has 2 N–H and O–H groups in total. The van der Waals surface area contributed by atoms with E-state index in [4.69, 9.17) is 5.11 Å². The number of anilines is 1. The van der Waals surface area contributed by atoms with Crippen molar-refractivity contribution in [2.75, 3.05) is 11.6 Å². The number of amides is 1. The number of carbonyl (C=O) groups excluding carboxylic acids is 1. The highest BCUT2D eigenvalue weighted by molar-refractivity contribution is 7.92. The summed E-state index contributed by atoms with van der Waals surface area (Å²) in [4.78, 5) is 22.2. The number of hydrogen-bond acceptors (Lipinski definition) is 4. The van der Waals surface area contributed by atoms with E-state index in [-0.39, 0.29) is 5.56 Å². The average Bonchev–Trinajstić information content (AvgIpc) is 2.27. The molecule has 98 valence electrons. The second kappa shape index (κ2) is 5.18. The number of hydrogen-bond donors (Lipinski definition) is 2. The van der Waals surface area contributed by atoms with Gasteiger partial charge in [-0.3, -0.25) is 4.79 Å². The summed E-state index contributed by atoms with van der Waals surface area (Å²) in [5, 5.41) is 9.93. The number of carboxylic acid groups (broad SMARTS) is 1. The molecule has 0 radical (unpaired) electrons. The summed E-state index contributed by atoms with van der Waals surface area (Å²) in [5.74, 6) is -1.72. The fourth-order valence-corrected chi connectivity index (χ4v) is 1.58. The Labute approximate surface area is 105 Å². The lowest BCUT2D eigenvalue weighted by Gasteiger charge is -2.10. The van der Waals surface area contributed by atoms with Gasteiger partial charge in [0.05, 0.1) is 5.56 Å². The first-order valence-corrected chi connectivity index (χ1v) is 7.00. The van der Waals surface area contributed by atoms with Crippen molar-refractivity contribution in [2.45, 2.75) is 12.2 Å². The maximum absolute atomic E-state index is 11.6. The minimum atomic E-state index is -3.45. The highest BCUT2D eigenvalue weighted by Crippen LogP contribution is 2.11. The zero-order valence-electron chi connectivity index (χ0n) is 9.88. The largest absolute Gasteiger partial charge is 0.478 e. The minimum absolute atomic E-state index is 0.0872. The summed E-state index contributed by atoms with van der Waals surface area (Å²) in [7, 11) is -3.45. The van der Waals surface area contributed by atoms with Crippen LogP contribution in [0.15, 0.2) is 24.3 Å². The molecule has 1 rings (SSSR count). The molecule has 0 aliphatic rings. The third kappa shape index (κ3) is 3.56. The third-order valence-electron chi connectivity index (χ3n) is 2.41.